The van der Waals surface area contributed by atoms with Gasteiger partial charge < -0.3 is 19.1 Å². The van der Waals surface area contributed by atoms with E-state index in [0.717, 1.165) is 16.9 Å². The van der Waals surface area contributed by atoms with E-state index in [1.807, 2.05) is 54.6 Å². The molecule has 0 atom stereocenters. The molecule has 0 saturated heterocycles. The summed E-state index contributed by atoms with van der Waals surface area (Å²) in [6.45, 7) is 0.460. The highest BCUT2D eigenvalue weighted by Crippen LogP contribution is 2.15. The molecule has 0 heterocycles. The lowest BCUT2D eigenvalue weighted by Gasteiger charge is -2.21. The lowest BCUT2D eigenvalue weighted by molar-refractivity contribution is -0.137. The molecule has 0 radical (unpaired) electrons. The fourth-order valence-corrected chi connectivity index (χ4v) is 2.56. The third-order valence-electron chi connectivity index (χ3n) is 4.12. The molecule has 0 aliphatic heterocycles. The van der Waals surface area contributed by atoms with Crippen LogP contribution in [0.1, 0.15) is 11.1 Å². The summed E-state index contributed by atoms with van der Waals surface area (Å²) in [5, 5.41) is 10.3. The van der Waals surface area contributed by atoms with Gasteiger partial charge in [0, 0.05) is 19.7 Å². The average Bonchev–Trinajstić information content (AvgIpc) is 2.76. The van der Waals surface area contributed by atoms with Crippen molar-refractivity contribution in [1.82, 2.24) is 10.2 Å². The Morgan fingerprint density at radius 3 is 2.30 bits per heavy atom. The van der Waals surface area contributed by atoms with Crippen LogP contribution in [0.15, 0.2) is 66.4 Å². The molecule has 8 heteroatoms. The highest BCUT2D eigenvalue weighted by Gasteiger charge is 2.17. The fraction of sp³-hybridized carbons (Fsp3) is 0.227. The number of hydrogen-bond acceptors (Lipinski definition) is 7. The van der Waals surface area contributed by atoms with Crippen LogP contribution in [0.4, 0.5) is 4.79 Å². The Labute approximate surface area is 175 Å². The Bertz CT molecular complexity index is 895. The number of ether oxygens (including phenoxy) is 3. The van der Waals surface area contributed by atoms with Crippen molar-refractivity contribution in [3.63, 3.8) is 0 Å². The number of carbonyl (C=O) groups excluding carboxylic acids is 2. The topological polar surface area (TPSA) is 101 Å². The molecule has 0 bridgehead atoms. The second-order valence-electron chi connectivity index (χ2n) is 6.33. The Kier molecular flexibility index (Phi) is 8.43. The molecule has 0 saturated carbocycles. The molecule has 0 fully saturated rings. The molecule has 0 aromatic heterocycles. The smallest absolute Gasteiger partial charge is 0.413 e. The first-order valence-corrected chi connectivity index (χ1v) is 9.13. The minimum Gasteiger partial charge on any atom is -0.497 e. The van der Waals surface area contributed by atoms with Crippen LogP contribution in [0.25, 0.3) is 0 Å². The Morgan fingerprint density at radius 2 is 1.70 bits per heavy atom. The molecule has 0 aliphatic rings. The van der Waals surface area contributed by atoms with Gasteiger partial charge in [-0.1, -0.05) is 42.5 Å². The molecule has 1 amide bonds. The standard InChI is InChI=1S/C22H25N3O5/c1-25(14-16-9-11-18(28-2)12-10-16)19(21(26)29-3)13-20(23)24-22(27)30-15-17-7-5-4-6-8-17/h4-13H,14-15H2,1-3H3,(H2,23,24,27)/b19-13-. The summed E-state index contributed by atoms with van der Waals surface area (Å²) in [6, 6.07) is 16.5. The molecule has 158 valence electrons. The van der Waals surface area contributed by atoms with Gasteiger partial charge in [0.05, 0.1) is 14.2 Å². The summed E-state index contributed by atoms with van der Waals surface area (Å²) in [6.07, 6.45) is 0.432. The van der Waals surface area contributed by atoms with Crippen molar-refractivity contribution in [1.29, 1.82) is 5.41 Å². The van der Waals surface area contributed by atoms with Crippen LogP contribution in [0.3, 0.4) is 0 Å². The Hall–Kier alpha value is -3.81. The van der Waals surface area contributed by atoms with E-state index < -0.39 is 12.1 Å². The number of alkyl carbamates (subject to hydrolysis) is 1. The number of nitrogens with zero attached hydrogens (tertiary/aromatic N) is 1. The van der Waals surface area contributed by atoms with Crippen molar-refractivity contribution in [2.45, 2.75) is 13.2 Å². The highest BCUT2D eigenvalue weighted by molar-refractivity contribution is 6.04. The molecular formula is C22H25N3O5. The van der Waals surface area contributed by atoms with Gasteiger partial charge >= 0.3 is 12.1 Å². The molecular weight excluding hydrogens is 386 g/mol. The summed E-state index contributed by atoms with van der Waals surface area (Å²) < 4.78 is 15.0. The second kappa shape index (κ2) is 11.3. The lowest BCUT2D eigenvalue weighted by atomic mass is 10.2. The van der Waals surface area contributed by atoms with E-state index in [2.05, 4.69) is 5.32 Å². The van der Waals surface area contributed by atoms with Gasteiger partial charge in [0.1, 0.15) is 23.9 Å². The van der Waals surface area contributed by atoms with E-state index >= 15 is 0 Å². The third kappa shape index (κ3) is 6.97. The third-order valence-corrected chi connectivity index (χ3v) is 4.12. The van der Waals surface area contributed by atoms with Crippen LogP contribution >= 0.6 is 0 Å². The quantitative estimate of drug-likeness (QED) is 0.300. The van der Waals surface area contributed by atoms with Crippen LogP contribution < -0.4 is 10.1 Å². The number of esters is 1. The van der Waals surface area contributed by atoms with Gasteiger partial charge in [-0.3, -0.25) is 10.7 Å². The summed E-state index contributed by atoms with van der Waals surface area (Å²) >= 11 is 0. The summed E-state index contributed by atoms with van der Waals surface area (Å²) in [5.74, 6) is -0.199. The summed E-state index contributed by atoms with van der Waals surface area (Å²) in [4.78, 5) is 25.7. The van der Waals surface area contributed by atoms with E-state index in [1.165, 1.54) is 13.2 Å². The van der Waals surface area contributed by atoms with Gasteiger partial charge in [-0.25, -0.2) is 9.59 Å². The van der Waals surface area contributed by atoms with Crippen LogP contribution in [0.5, 0.6) is 5.75 Å². The number of hydrogen-bond donors (Lipinski definition) is 2. The number of amides is 1. The van der Waals surface area contributed by atoms with Gasteiger partial charge in [-0.15, -0.1) is 0 Å². The number of amidine groups is 1. The average molecular weight is 411 g/mol. The van der Waals surface area contributed by atoms with Crippen molar-refractivity contribution in [3.8, 4) is 5.75 Å². The predicted octanol–water partition coefficient (Wildman–Crippen LogP) is 3.09. The lowest BCUT2D eigenvalue weighted by Crippen LogP contribution is -2.32. The van der Waals surface area contributed by atoms with Crippen LogP contribution in [0, 0.1) is 5.41 Å². The summed E-state index contributed by atoms with van der Waals surface area (Å²) in [5.41, 5.74) is 1.86. The zero-order valence-corrected chi connectivity index (χ0v) is 17.2. The fourth-order valence-electron chi connectivity index (χ4n) is 2.56. The van der Waals surface area contributed by atoms with Crippen molar-refractivity contribution in [2.24, 2.45) is 0 Å². The highest BCUT2D eigenvalue weighted by atomic mass is 16.5. The van der Waals surface area contributed by atoms with Gasteiger partial charge in [0.2, 0.25) is 0 Å². The SMILES string of the molecule is COC(=O)/C(=C/C(=N)NC(=O)OCc1ccccc1)N(C)Cc1ccc(OC)cc1. The van der Waals surface area contributed by atoms with E-state index in [0.29, 0.717) is 6.54 Å². The van der Waals surface area contributed by atoms with Crippen molar-refractivity contribution >= 4 is 17.9 Å². The first-order chi connectivity index (χ1) is 14.4. The number of methoxy groups -OCH3 is 2. The van der Waals surface area contributed by atoms with E-state index in [1.54, 1.807) is 19.1 Å². The van der Waals surface area contributed by atoms with Crippen LogP contribution in [-0.4, -0.2) is 44.1 Å². The van der Waals surface area contributed by atoms with Crippen LogP contribution in [-0.2, 0) is 27.4 Å². The van der Waals surface area contributed by atoms with E-state index in [4.69, 9.17) is 19.6 Å². The maximum atomic E-state index is 12.2. The van der Waals surface area contributed by atoms with Crippen LogP contribution in [0.2, 0.25) is 0 Å². The second-order valence-corrected chi connectivity index (χ2v) is 6.33. The predicted molar refractivity (Wildman–Crippen MR) is 112 cm³/mol. The molecule has 2 aromatic carbocycles. The zero-order valence-electron chi connectivity index (χ0n) is 17.2. The van der Waals surface area contributed by atoms with E-state index in [9.17, 15) is 9.59 Å². The van der Waals surface area contributed by atoms with Crippen molar-refractivity contribution in [3.05, 3.63) is 77.5 Å². The number of likely N-dealkylation sites (N-methyl/N-ethyl adjacent to an activating group) is 1. The minimum absolute atomic E-state index is 0.0743. The zero-order chi connectivity index (χ0) is 21.9. The molecule has 0 aliphatic carbocycles. The Balaban J connectivity index is 2.00. The first kappa shape index (κ1) is 22.5. The maximum Gasteiger partial charge on any atom is 0.413 e. The van der Waals surface area contributed by atoms with Gasteiger partial charge in [-0.2, -0.15) is 0 Å². The number of carbonyl (C=O) groups is 2. The molecule has 2 aromatic rings. The normalized spacial score (nSPS) is 10.7. The Morgan fingerprint density at radius 1 is 1.03 bits per heavy atom. The van der Waals surface area contributed by atoms with Gasteiger partial charge in [-0.05, 0) is 23.3 Å². The first-order valence-electron chi connectivity index (χ1n) is 9.13. The monoisotopic (exact) mass is 411 g/mol. The van der Waals surface area contributed by atoms with E-state index in [-0.39, 0.29) is 18.1 Å². The van der Waals surface area contributed by atoms with Crippen molar-refractivity contribution < 1.29 is 23.8 Å². The van der Waals surface area contributed by atoms with Gasteiger partial charge in [0.25, 0.3) is 0 Å². The number of rotatable bonds is 8. The van der Waals surface area contributed by atoms with Gasteiger partial charge in [0.15, 0.2) is 0 Å². The molecule has 30 heavy (non-hydrogen) atoms. The summed E-state index contributed by atoms with van der Waals surface area (Å²) in [7, 11) is 4.53. The minimum atomic E-state index is -0.790. The van der Waals surface area contributed by atoms with Crippen molar-refractivity contribution in [2.75, 3.05) is 21.3 Å². The maximum absolute atomic E-state index is 12.2. The molecule has 0 unspecified atom stereocenters. The largest absolute Gasteiger partial charge is 0.497 e. The molecule has 0 spiro atoms. The number of benzene rings is 2. The number of nitrogens with one attached hydrogen (secondary N) is 2. The molecule has 8 nitrogen and oxygen atoms in total. The molecule has 2 rings (SSSR count). The molecule has 2 N–H and O–H groups in total.